The van der Waals surface area contributed by atoms with Gasteiger partial charge in [0.25, 0.3) is 0 Å². The third-order valence-corrected chi connectivity index (χ3v) is 4.31. The molecule has 0 N–H and O–H groups in total. The number of aromatic nitrogens is 2. The van der Waals surface area contributed by atoms with Crippen LogP contribution in [-0.4, -0.2) is 4.40 Å². The Balaban J connectivity index is 2.11. The molecule has 0 saturated heterocycles. The average Bonchev–Trinajstić information content (AvgIpc) is 3.02. The number of halogens is 6. The maximum absolute atomic E-state index is 13.4. The molecule has 0 amide bonds. The lowest BCUT2D eigenvalue weighted by molar-refractivity contribution is -0.615. The summed E-state index contributed by atoms with van der Waals surface area (Å²) in [7, 11) is 0. The normalized spacial score (nSPS) is 13.0. The highest BCUT2D eigenvalue weighted by Crippen LogP contribution is 2.36. The first-order valence-corrected chi connectivity index (χ1v) is 7.64. The third-order valence-electron chi connectivity index (χ3n) is 4.31. The fourth-order valence-electron chi connectivity index (χ4n) is 3.12. The largest absolute Gasteiger partial charge is 0.508 e. The van der Waals surface area contributed by atoms with Crippen LogP contribution in [0.25, 0.3) is 22.0 Å². The van der Waals surface area contributed by atoms with E-state index >= 15 is 0 Å². The van der Waals surface area contributed by atoms with Gasteiger partial charge < -0.3 is 0 Å². The fraction of sp³-hybridized carbons (Fsp3) is 0.111. The minimum atomic E-state index is -4.93. The minimum absolute atomic E-state index is 0.338. The Bertz CT molecular complexity index is 1220. The zero-order valence-electron chi connectivity index (χ0n) is 13.3. The first-order chi connectivity index (χ1) is 12.6. The van der Waals surface area contributed by atoms with E-state index < -0.39 is 34.9 Å². The maximum Gasteiger partial charge on any atom is 0.508 e. The Morgan fingerprint density at radius 2 is 1.56 bits per heavy atom. The predicted octanol–water partition coefficient (Wildman–Crippen LogP) is 4.20. The van der Waals surface area contributed by atoms with E-state index in [1.807, 2.05) is 0 Å². The van der Waals surface area contributed by atoms with Gasteiger partial charge in [0.15, 0.2) is 5.52 Å². The second-order valence-corrected chi connectivity index (χ2v) is 5.98. The Morgan fingerprint density at radius 3 is 2.22 bits per heavy atom. The topological polar surface area (TPSA) is 25.4 Å². The molecule has 0 aliphatic rings. The summed E-state index contributed by atoms with van der Waals surface area (Å²) in [5, 5.41) is 1.11. The lowest BCUT2D eigenvalue weighted by Crippen LogP contribution is -2.51. The van der Waals surface area contributed by atoms with Crippen molar-refractivity contribution in [2.45, 2.75) is 12.4 Å². The summed E-state index contributed by atoms with van der Waals surface area (Å²) < 4.78 is 81.0. The van der Waals surface area contributed by atoms with Crippen molar-refractivity contribution in [2.24, 2.45) is 0 Å². The lowest BCUT2D eigenvalue weighted by atomic mass is 10.1. The molecule has 27 heavy (non-hydrogen) atoms. The average molecular weight is 383 g/mol. The van der Waals surface area contributed by atoms with E-state index in [9.17, 15) is 31.1 Å². The Hall–Kier alpha value is -3.10. The second-order valence-electron chi connectivity index (χ2n) is 5.98. The van der Waals surface area contributed by atoms with Gasteiger partial charge in [0, 0.05) is 5.39 Å². The van der Waals surface area contributed by atoms with Crippen LogP contribution < -0.4 is 10.3 Å². The molecule has 2 aromatic carbocycles. The van der Waals surface area contributed by atoms with Gasteiger partial charge in [0.05, 0.1) is 10.9 Å². The molecule has 0 fully saturated rings. The molecule has 3 nitrogen and oxygen atoms in total. The van der Waals surface area contributed by atoms with Crippen molar-refractivity contribution in [1.29, 1.82) is 0 Å². The number of hydrogen-bond donors (Lipinski definition) is 0. The molecular weight excluding hydrogens is 374 g/mol. The summed E-state index contributed by atoms with van der Waals surface area (Å²) in [6.07, 6.45) is -7.29. The summed E-state index contributed by atoms with van der Waals surface area (Å²) in [5.74, 6) is 0. The van der Waals surface area contributed by atoms with Crippen molar-refractivity contribution in [2.75, 3.05) is 0 Å². The fourth-order valence-corrected chi connectivity index (χ4v) is 3.12. The molecule has 138 valence electrons. The van der Waals surface area contributed by atoms with E-state index in [0.717, 1.165) is 10.6 Å². The molecule has 0 aliphatic heterocycles. The van der Waals surface area contributed by atoms with Crippen molar-refractivity contribution in [3.63, 3.8) is 0 Å². The van der Waals surface area contributed by atoms with Gasteiger partial charge in [-0.05, 0) is 30.3 Å². The first-order valence-electron chi connectivity index (χ1n) is 7.64. The number of hydrogen-bond acceptors (Lipinski definition) is 1. The van der Waals surface area contributed by atoms with Gasteiger partial charge in [-0.25, -0.2) is 0 Å². The van der Waals surface area contributed by atoms with Crippen LogP contribution in [0.1, 0.15) is 11.1 Å². The molecule has 0 radical (unpaired) electrons. The molecule has 0 aliphatic carbocycles. The van der Waals surface area contributed by atoms with E-state index in [4.69, 9.17) is 0 Å². The predicted molar refractivity (Wildman–Crippen MR) is 83.9 cm³/mol. The molecule has 4 rings (SSSR count). The van der Waals surface area contributed by atoms with Crippen LogP contribution in [0.4, 0.5) is 26.3 Å². The Labute approximate surface area is 147 Å². The van der Waals surface area contributed by atoms with E-state index in [2.05, 4.69) is 0 Å². The number of nitrogens with zero attached hydrogens (tertiary/aromatic N) is 2. The van der Waals surface area contributed by atoms with Crippen molar-refractivity contribution in [3.05, 3.63) is 76.5 Å². The standard InChI is InChI=1S/C18H9F6N2O/c19-17(20,21)12-4-5-13(18(22,23)24)14(8-12)26-9-11-3-1-2-10-6-7-25(15(10)11)16(26)27/h1-9H/q+1. The van der Waals surface area contributed by atoms with Gasteiger partial charge in [-0.15, -0.1) is 0 Å². The van der Waals surface area contributed by atoms with E-state index in [1.165, 1.54) is 6.20 Å². The molecule has 0 saturated carbocycles. The maximum atomic E-state index is 13.4. The van der Waals surface area contributed by atoms with Crippen molar-refractivity contribution >= 4 is 16.3 Å². The summed E-state index contributed by atoms with van der Waals surface area (Å²) in [6.45, 7) is 0. The van der Waals surface area contributed by atoms with Crippen LogP contribution in [0.5, 0.6) is 0 Å². The molecule has 0 atom stereocenters. The highest BCUT2D eigenvalue weighted by atomic mass is 19.4. The van der Waals surface area contributed by atoms with Gasteiger partial charge in [-0.3, -0.25) is 0 Å². The third kappa shape index (κ3) is 2.70. The van der Waals surface area contributed by atoms with Gasteiger partial charge >= 0.3 is 18.0 Å². The lowest BCUT2D eigenvalue weighted by Gasteiger charge is -2.14. The molecule has 0 spiro atoms. The van der Waals surface area contributed by atoms with Crippen LogP contribution >= 0.6 is 0 Å². The van der Waals surface area contributed by atoms with Gasteiger partial charge in [-0.1, -0.05) is 12.1 Å². The molecular formula is C18H9F6N2O+. The molecule has 4 aromatic rings. The number of alkyl halides is 6. The second kappa shape index (κ2) is 5.45. The first kappa shape index (κ1) is 17.3. The van der Waals surface area contributed by atoms with Crippen LogP contribution in [0.15, 0.2) is 59.7 Å². The zero-order chi connectivity index (χ0) is 19.6. The molecule has 0 bridgehead atoms. The number of benzene rings is 2. The SMILES string of the molecule is O=c1n2ccc3cccc(c[n+]1-c1cc(C(F)(F)F)ccc1C(F)(F)F)c32. The van der Waals surface area contributed by atoms with Gasteiger partial charge in [-0.2, -0.15) is 40.1 Å². The smallest absolute Gasteiger partial charge is 0.196 e. The van der Waals surface area contributed by atoms with Crippen molar-refractivity contribution in [3.8, 4) is 5.69 Å². The Morgan fingerprint density at radius 1 is 0.852 bits per heavy atom. The Kier molecular flexibility index (Phi) is 3.49. The highest BCUT2D eigenvalue weighted by Gasteiger charge is 2.39. The number of rotatable bonds is 1. The van der Waals surface area contributed by atoms with E-state index in [-0.39, 0.29) is 0 Å². The van der Waals surface area contributed by atoms with Crippen LogP contribution in [0.2, 0.25) is 0 Å². The van der Waals surface area contributed by atoms with Crippen LogP contribution in [0.3, 0.4) is 0 Å². The minimum Gasteiger partial charge on any atom is -0.196 e. The molecule has 2 aromatic heterocycles. The molecule has 9 heteroatoms. The van der Waals surface area contributed by atoms with Crippen molar-refractivity contribution in [1.82, 2.24) is 4.40 Å². The monoisotopic (exact) mass is 383 g/mol. The summed E-state index contributed by atoms with van der Waals surface area (Å²) in [4.78, 5) is 12.7. The molecule has 2 heterocycles. The zero-order valence-corrected chi connectivity index (χ0v) is 13.3. The number of para-hydroxylation sites is 1. The molecule has 0 unspecified atom stereocenters. The van der Waals surface area contributed by atoms with Crippen LogP contribution in [-0.2, 0) is 12.4 Å². The quantitative estimate of drug-likeness (QED) is 0.357. The summed E-state index contributed by atoms with van der Waals surface area (Å²) >= 11 is 0. The van der Waals surface area contributed by atoms with Gasteiger partial charge in [0.1, 0.15) is 23.6 Å². The van der Waals surface area contributed by atoms with E-state index in [1.54, 1.807) is 24.3 Å². The van der Waals surface area contributed by atoms with Gasteiger partial charge in [0.2, 0.25) is 0 Å². The summed E-state index contributed by atoms with van der Waals surface area (Å²) in [5.41, 5.74) is -3.89. The summed E-state index contributed by atoms with van der Waals surface area (Å²) in [6, 6.07) is 7.56. The highest BCUT2D eigenvalue weighted by molar-refractivity contribution is 5.95. The van der Waals surface area contributed by atoms with E-state index in [0.29, 0.717) is 39.1 Å². The van der Waals surface area contributed by atoms with Crippen molar-refractivity contribution < 1.29 is 30.9 Å². The van der Waals surface area contributed by atoms with Crippen LogP contribution in [0, 0.1) is 0 Å².